The molecule has 0 aliphatic rings. The van der Waals surface area contributed by atoms with Gasteiger partial charge in [0.25, 0.3) is 0 Å². The minimum absolute atomic E-state index is 0.444. The number of fused-ring (bicyclic) bond motifs is 1. The number of carbonyl (C=O) groups is 1. The van der Waals surface area contributed by atoms with Crippen LogP contribution in [0.4, 0.5) is 0 Å². The molecule has 0 spiro atoms. The monoisotopic (exact) mass is 260 g/mol. The number of primary amides is 1. The van der Waals surface area contributed by atoms with Crippen molar-refractivity contribution < 1.29 is 4.79 Å². The number of para-hydroxylation sites is 2. The molecule has 1 heterocycles. The van der Waals surface area contributed by atoms with Gasteiger partial charge in [-0.1, -0.05) is 12.1 Å². The van der Waals surface area contributed by atoms with E-state index in [2.05, 4.69) is 15.6 Å². The Morgan fingerprint density at radius 3 is 2.84 bits per heavy atom. The number of imidazole rings is 1. The predicted molar refractivity (Wildman–Crippen MR) is 75.4 cm³/mol. The van der Waals surface area contributed by atoms with Crippen molar-refractivity contribution in [2.45, 2.75) is 38.3 Å². The van der Waals surface area contributed by atoms with Gasteiger partial charge >= 0.3 is 0 Å². The lowest BCUT2D eigenvalue weighted by atomic mass is 9.95. The van der Waals surface area contributed by atoms with Crippen LogP contribution in [0.5, 0.6) is 0 Å². The third-order valence-electron chi connectivity index (χ3n) is 3.44. The van der Waals surface area contributed by atoms with Crippen LogP contribution in [0.1, 0.15) is 26.2 Å². The summed E-state index contributed by atoms with van der Waals surface area (Å²) in [5.41, 5.74) is 12.3. The van der Waals surface area contributed by atoms with E-state index >= 15 is 0 Å². The molecule has 1 aromatic heterocycles. The number of rotatable bonds is 6. The highest BCUT2D eigenvalue weighted by Crippen LogP contribution is 2.15. The Bertz CT molecular complexity index is 574. The molecule has 0 aliphatic heterocycles. The first-order chi connectivity index (χ1) is 9.00. The first-order valence-corrected chi connectivity index (χ1v) is 6.49. The van der Waals surface area contributed by atoms with Gasteiger partial charge in [0, 0.05) is 6.54 Å². The smallest absolute Gasteiger partial charge is 0.237 e. The van der Waals surface area contributed by atoms with Crippen LogP contribution in [-0.4, -0.2) is 21.0 Å². The van der Waals surface area contributed by atoms with E-state index in [0.717, 1.165) is 30.4 Å². The number of nitrogens with two attached hydrogens (primary N) is 2. The Labute approximate surface area is 112 Å². The van der Waals surface area contributed by atoms with Crippen LogP contribution in [0.25, 0.3) is 11.0 Å². The number of amides is 1. The Hall–Kier alpha value is -1.88. The van der Waals surface area contributed by atoms with Crippen molar-refractivity contribution in [2.75, 3.05) is 0 Å². The number of unbranched alkanes of at least 4 members (excludes halogenated alkanes) is 1. The quantitative estimate of drug-likeness (QED) is 0.770. The highest BCUT2D eigenvalue weighted by Gasteiger charge is 2.24. The summed E-state index contributed by atoms with van der Waals surface area (Å²) in [6.45, 7) is 2.55. The standard InChI is InChI=1S/C14H20N4O/c1-14(16,13(15)19)8-4-5-9-18-10-17-11-6-2-3-7-12(11)18/h2-3,6-7,10H,4-5,8-9,16H2,1H3,(H2,15,19). The number of hydrogen-bond donors (Lipinski definition) is 2. The average Bonchev–Trinajstić information content (AvgIpc) is 2.78. The molecule has 2 aromatic rings. The van der Waals surface area contributed by atoms with E-state index in [1.165, 1.54) is 0 Å². The molecule has 5 nitrogen and oxygen atoms in total. The summed E-state index contributed by atoms with van der Waals surface area (Å²) in [6.07, 6.45) is 4.26. The minimum Gasteiger partial charge on any atom is -0.368 e. The van der Waals surface area contributed by atoms with Crippen LogP contribution in [0.2, 0.25) is 0 Å². The largest absolute Gasteiger partial charge is 0.368 e. The van der Waals surface area contributed by atoms with Gasteiger partial charge in [-0.3, -0.25) is 4.79 Å². The van der Waals surface area contributed by atoms with Crippen molar-refractivity contribution in [1.82, 2.24) is 9.55 Å². The summed E-state index contributed by atoms with van der Waals surface area (Å²) in [5, 5.41) is 0. The van der Waals surface area contributed by atoms with Crippen molar-refractivity contribution in [3.8, 4) is 0 Å². The Kier molecular flexibility index (Phi) is 3.85. The van der Waals surface area contributed by atoms with Crippen LogP contribution in [-0.2, 0) is 11.3 Å². The van der Waals surface area contributed by atoms with Crippen LogP contribution in [0.15, 0.2) is 30.6 Å². The van der Waals surface area contributed by atoms with Crippen molar-refractivity contribution in [3.05, 3.63) is 30.6 Å². The molecule has 5 heteroatoms. The minimum atomic E-state index is -0.906. The fraction of sp³-hybridized carbons (Fsp3) is 0.429. The number of hydrogen-bond acceptors (Lipinski definition) is 3. The first-order valence-electron chi connectivity index (χ1n) is 6.49. The second-order valence-corrected chi connectivity index (χ2v) is 5.17. The van der Waals surface area contributed by atoms with Crippen molar-refractivity contribution in [1.29, 1.82) is 0 Å². The lowest BCUT2D eigenvalue weighted by Gasteiger charge is -2.20. The van der Waals surface area contributed by atoms with Gasteiger partial charge in [-0.15, -0.1) is 0 Å². The van der Waals surface area contributed by atoms with Crippen molar-refractivity contribution >= 4 is 16.9 Å². The van der Waals surface area contributed by atoms with E-state index in [-0.39, 0.29) is 0 Å². The average molecular weight is 260 g/mol. The Morgan fingerprint density at radius 2 is 2.11 bits per heavy atom. The summed E-state index contributed by atoms with van der Waals surface area (Å²) >= 11 is 0. The van der Waals surface area contributed by atoms with Crippen molar-refractivity contribution in [2.24, 2.45) is 11.5 Å². The van der Waals surface area contributed by atoms with Gasteiger partial charge in [-0.2, -0.15) is 0 Å². The van der Waals surface area contributed by atoms with Gasteiger partial charge in [-0.05, 0) is 38.3 Å². The molecule has 2 rings (SSSR count). The molecule has 1 unspecified atom stereocenters. The van der Waals surface area contributed by atoms with E-state index in [1.54, 1.807) is 6.92 Å². The van der Waals surface area contributed by atoms with Gasteiger partial charge in [-0.25, -0.2) is 4.98 Å². The molecule has 0 fully saturated rings. The molecule has 19 heavy (non-hydrogen) atoms. The number of nitrogens with zero attached hydrogens (tertiary/aromatic N) is 2. The van der Waals surface area contributed by atoms with Crippen LogP contribution < -0.4 is 11.5 Å². The van der Waals surface area contributed by atoms with Crippen LogP contribution in [0, 0.1) is 0 Å². The number of carbonyl (C=O) groups excluding carboxylic acids is 1. The molecule has 0 saturated heterocycles. The van der Waals surface area contributed by atoms with E-state index in [0.29, 0.717) is 6.42 Å². The zero-order chi connectivity index (χ0) is 13.9. The van der Waals surface area contributed by atoms with E-state index in [4.69, 9.17) is 11.5 Å². The lowest BCUT2D eigenvalue weighted by Crippen LogP contribution is -2.49. The highest BCUT2D eigenvalue weighted by atomic mass is 16.1. The maximum absolute atomic E-state index is 11.1. The number of benzene rings is 1. The predicted octanol–water partition coefficient (Wildman–Crippen LogP) is 1.41. The van der Waals surface area contributed by atoms with Gasteiger partial charge in [0.15, 0.2) is 0 Å². The van der Waals surface area contributed by atoms with Gasteiger partial charge in [0.1, 0.15) is 0 Å². The topological polar surface area (TPSA) is 86.9 Å². The van der Waals surface area contributed by atoms with Gasteiger partial charge in [0.05, 0.1) is 22.9 Å². The van der Waals surface area contributed by atoms with Gasteiger partial charge < -0.3 is 16.0 Å². The fourth-order valence-corrected chi connectivity index (χ4v) is 2.09. The van der Waals surface area contributed by atoms with E-state index in [1.807, 2.05) is 24.5 Å². The molecule has 1 amide bonds. The molecular weight excluding hydrogens is 240 g/mol. The summed E-state index contributed by atoms with van der Waals surface area (Å²) in [4.78, 5) is 15.4. The maximum atomic E-state index is 11.1. The SMILES string of the molecule is CC(N)(CCCCn1cnc2ccccc21)C(N)=O. The Balaban J connectivity index is 1.88. The molecule has 0 radical (unpaired) electrons. The second kappa shape index (κ2) is 5.40. The van der Waals surface area contributed by atoms with Gasteiger partial charge in [0.2, 0.25) is 5.91 Å². The van der Waals surface area contributed by atoms with Crippen molar-refractivity contribution in [3.63, 3.8) is 0 Å². The third kappa shape index (κ3) is 3.12. The normalized spacial score (nSPS) is 14.4. The lowest BCUT2D eigenvalue weighted by molar-refractivity contribution is -0.122. The zero-order valence-corrected chi connectivity index (χ0v) is 11.2. The molecule has 0 aliphatic carbocycles. The molecule has 1 atom stereocenters. The number of aryl methyl sites for hydroxylation is 1. The molecular formula is C14H20N4O. The maximum Gasteiger partial charge on any atom is 0.237 e. The first kappa shape index (κ1) is 13.5. The fourth-order valence-electron chi connectivity index (χ4n) is 2.09. The van der Waals surface area contributed by atoms with Crippen LogP contribution in [0.3, 0.4) is 0 Å². The molecule has 4 N–H and O–H groups in total. The summed E-state index contributed by atoms with van der Waals surface area (Å²) < 4.78 is 2.12. The molecule has 0 saturated carbocycles. The van der Waals surface area contributed by atoms with E-state index in [9.17, 15) is 4.79 Å². The Morgan fingerprint density at radius 1 is 1.37 bits per heavy atom. The summed E-state index contributed by atoms with van der Waals surface area (Å²) in [6, 6.07) is 8.03. The third-order valence-corrected chi connectivity index (χ3v) is 3.44. The molecule has 0 bridgehead atoms. The molecule has 1 aromatic carbocycles. The summed E-state index contributed by atoms with van der Waals surface area (Å²) in [5.74, 6) is -0.444. The summed E-state index contributed by atoms with van der Waals surface area (Å²) in [7, 11) is 0. The molecule has 102 valence electrons. The van der Waals surface area contributed by atoms with E-state index < -0.39 is 11.4 Å². The zero-order valence-electron chi connectivity index (χ0n) is 11.2. The second-order valence-electron chi connectivity index (χ2n) is 5.17. The highest BCUT2D eigenvalue weighted by molar-refractivity contribution is 5.83. The number of aromatic nitrogens is 2. The van der Waals surface area contributed by atoms with Crippen LogP contribution >= 0.6 is 0 Å².